The number of aryl methyl sites for hydroxylation is 1. The van der Waals surface area contributed by atoms with Crippen LogP contribution in [-0.4, -0.2) is 30.7 Å². The quantitative estimate of drug-likeness (QED) is 0.936. The third-order valence-electron chi connectivity index (χ3n) is 4.11. The second kappa shape index (κ2) is 6.34. The van der Waals surface area contributed by atoms with E-state index in [0.29, 0.717) is 10.5 Å². The van der Waals surface area contributed by atoms with Crippen LogP contribution in [0.5, 0.6) is 0 Å². The molecule has 1 aromatic heterocycles. The Hall–Kier alpha value is -1.10. The van der Waals surface area contributed by atoms with Crippen LogP contribution in [0, 0.1) is 6.92 Å². The SMILES string of the molecule is Cc1cccc(N2CC[NH+](Cc3cnc(Cl)s3)C[C@@H]2C)c1. The lowest BCUT2D eigenvalue weighted by atomic mass is 10.1. The van der Waals surface area contributed by atoms with Crippen molar-refractivity contribution in [3.63, 3.8) is 0 Å². The van der Waals surface area contributed by atoms with Crippen LogP contribution < -0.4 is 9.80 Å². The highest BCUT2D eigenvalue weighted by atomic mass is 35.5. The Labute approximate surface area is 135 Å². The summed E-state index contributed by atoms with van der Waals surface area (Å²) in [6, 6.07) is 9.36. The molecule has 1 aliphatic heterocycles. The van der Waals surface area contributed by atoms with Crippen LogP contribution in [0.4, 0.5) is 5.69 Å². The number of halogens is 1. The monoisotopic (exact) mass is 322 g/mol. The number of nitrogens with one attached hydrogen (secondary N) is 1. The van der Waals surface area contributed by atoms with Crippen molar-refractivity contribution < 1.29 is 4.90 Å². The molecule has 112 valence electrons. The van der Waals surface area contributed by atoms with E-state index in [4.69, 9.17) is 11.6 Å². The first-order valence-electron chi connectivity index (χ1n) is 7.39. The summed E-state index contributed by atoms with van der Waals surface area (Å²) in [6.45, 7) is 8.93. The summed E-state index contributed by atoms with van der Waals surface area (Å²) in [7, 11) is 0. The molecule has 1 aliphatic rings. The van der Waals surface area contributed by atoms with E-state index in [1.165, 1.54) is 16.1 Å². The number of hydrogen-bond donors (Lipinski definition) is 1. The van der Waals surface area contributed by atoms with Gasteiger partial charge >= 0.3 is 0 Å². The number of anilines is 1. The van der Waals surface area contributed by atoms with Gasteiger partial charge in [0.05, 0.1) is 30.6 Å². The lowest BCUT2D eigenvalue weighted by molar-refractivity contribution is -0.916. The Bertz CT molecular complexity index is 613. The number of quaternary nitrogens is 1. The Balaban J connectivity index is 1.64. The van der Waals surface area contributed by atoms with Gasteiger partial charge in [0.1, 0.15) is 6.54 Å². The lowest BCUT2D eigenvalue weighted by Crippen LogP contribution is -3.14. The van der Waals surface area contributed by atoms with Gasteiger partial charge in [-0.05, 0) is 31.5 Å². The molecule has 2 atom stereocenters. The third kappa shape index (κ3) is 3.57. The van der Waals surface area contributed by atoms with Gasteiger partial charge in [0.15, 0.2) is 4.47 Å². The van der Waals surface area contributed by atoms with Gasteiger partial charge in [0.2, 0.25) is 0 Å². The zero-order valence-electron chi connectivity index (χ0n) is 12.5. The normalized spacial score (nSPS) is 22.5. The molecule has 3 rings (SSSR count). The Kier molecular flexibility index (Phi) is 4.48. The van der Waals surface area contributed by atoms with Crippen LogP contribution in [0.25, 0.3) is 0 Å². The van der Waals surface area contributed by atoms with E-state index >= 15 is 0 Å². The largest absolute Gasteiger partial charge is 0.358 e. The van der Waals surface area contributed by atoms with Crippen molar-refractivity contribution in [3.8, 4) is 0 Å². The second-order valence-corrected chi connectivity index (χ2v) is 7.54. The highest BCUT2D eigenvalue weighted by Gasteiger charge is 2.27. The topological polar surface area (TPSA) is 20.6 Å². The molecule has 3 nitrogen and oxygen atoms in total. The summed E-state index contributed by atoms with van der Waals surface area (Å²) >= 11 is 7.52. The van der Waals surface area contributed by atoms with Gasteiger partial charge in [-0.2, -0.15) is 0 Å². The van der Waals surface area contributed by atoms with Crippen LogP contribution in [-0.2, 0) is 6.54 Å². The van der Waals surface area contributed by atoms with E-state index in [1.807, 2.05) is 6.20 Å². The molecule has 0 bridgehead atoms. The molecular formula is C16H21ClN3S+. The third-order valence-corrected chi connectivity index (χ3v) is 5.22. The number of piperazine rings is 1. The highest BCUT2D eigenvalue weighted by molar-refractivity contribution is 7.15. The molecule has 1 unspecified atom stereocenters. The first-order valence-corrected chi connectivity index (χ1v) is 8.58. The number of rotatable bonds is 3. The Morgan fingerprint density at radius 2 is 2.33 bits per heavy atom. The fraction of sp³-hybridized carbons (Fsp3) is 0.438. The Morgan fingerprint density at radius 3 is 3.00 bits per heavy atom. The van der Waals surface area contributed by atoms with Crippen LogP contribution in [0.1, 0.15) is 17.4 Å². The van der Waals surface area contributed by atoms with E-state index in [9.17, 15) is 0 Å². The molecule has 0 spiro atoms. The molecule has 2 aromatic rings. The maximum atomic E-state index is 5.91. The summed E-state index contributed by atoms with van der Waals surface area (Å²) in [5.41, 5.74) is 2.68. The van der Waals surface area contributed by atoms with Crippen LogP contribution >= 0.6 is 22.9 Å². The minimum atomic E-state index is 0.555. The van der Waals surface area contributed by atoms with E-state index in [-0.39, 0.29) is 0 Å². The van der Waals surface area contributed by atoms with Crippen molar-refractivity contribution in [2.24, 2.45) is 0 Å². The predicted molar refractivity (Wildman–Crippen MR) is 89.5 cm³/mol. The predicted octanol–water partition coefficient (Wildman–Crippen LogP) is 2.40. The van der Waals surface area contributed by atoms with Gasteiger partial charge in [0, 0.05) is 11.9 Å². The first kappa shape index (κ1) is 14.8. The molecule has 0 radical (unpaired) electrons. The van der Waals surface area contributed by atoms with E-state index in [0.717, 1.165) is 26.2 Å². The number of hydrogen-bond acceptors (Lipinski definition) is 3. The Morgan fingerprint density at radius 1 is 1.48 bits per heavy atom. The summed E-state index contributed by atoms with van der Waals surface area (Å²) in [4.78, 5) is 9.56. The smallest absolute Gasteiger partial charge is 0.183 e. The van der Waals surface area contributed by atoms with E-state index in [1.54, 1.807) is 16.2 Å². The van der Waals surface area contributed by atoms with E-state index in [2.05, 4.69) is 48.0 Å². The molecule has 1 N–H and O–H groups in total. The van der Waals surface area contributed by atoms with Crippen LogP contribution in [0.2, 0.25) is 4.47 Å². The van der Waals surface area contributed by atoms with Gasteiger partial charge in [-0.1, -0.05) is 23.7 Å². The van der Waals surface area contributed by atoms with Crippen molar-refractivity contribution in [3.05, 3.63) is 45.4 Å². The average molecular weight is 323 g/mol. The molecule has 1 saturated heterocycles. The minimum Gasteiger partial charge on any atom is -0.358 e. The van der Waals surface area contributed by atoms with Crippen molar-refractivity contribution in [1.82, 2.24) is 4.98 Å². The van der Waals surface area contributed by atoms with Gasteiger partial charge in [-0.15, -0.1) is 11.3 Å². The van der Waals surface area contributed by atoms with Crippen molar-refractivity contribution in [2.75, 3.05) is 24.5 Å². The summed E-state index contributed by atoms with van der Waals surface area (Å²) in [5, 5.41) is 0. The standard InChI is InChI=1S/C16H20ClN3S/c1-12-4-3-5-14(8-12)20-7-6-19(10-13(20)2)11-15-9-18-16(17)21-15/h3-5,8-9,13H,6-7,10-11H2,1-2H3/p+1/t13-/m0/s1. The second-order valence-electron chi connectivity index (χ2n) is 5.84. The summed E-state index contributed by atoms with van der Waals surface area (Å²) in [5.74, 6) is 0. The number of benzene rings is 1. The molecule has 21 heavy (non-hydrogen) atoms. The van der Waals surface area contributed by atoms with Crippen LogP contribution in [0.3, 0.4) is 0 Å². The van der Waals surface area contributed by atoms with Gasteiger partial charge in [0.25, 0.3) is 0 Å². The summed E-state index contributed by atoms with van der Waals surface area (Å²) < 4.78 is 0.649. The van der Waals surface area contributed by atoms with Gasteiger partial charge < -0.3 is 9.80 Å². The molecule has 0 amide bonds. The number of nitrogens with zero attached hydrogens (tertiary/aromatic N) is 2. The zero-order chi connectivity index (χ0) is 14.8. The molecule has 0 aliphatic carbocycles. The highest BCUT2D eigenvalue weighted by Crippen LogP contribution is 2.19. The van der Waals surface area contributed by atoms with Crippen molar-refractivity contribution >= 4 is 28.6 Å². The van der Waals surface area contributed by atoms with Crippen molar-refractivity contribution in [1.29, 1.82) is 0 Å². The molecule has 1 fully saturated rings. The number of thiazole rings is 1. The first-order chi connectivity index (χ1) is 10.1. The molecule has 1 aromatic carbocycles. The maximum Gasteiger partial charge on any atom is 0.183 e. The fourth-order valence-corrected chi connectivity index (χ4v) is 4.14. The zero-order valence-corrected chi connectivity index (χ0v) is 14.0. The van der Waals surface area contributed by atoms with Gasteiger partial charge in [-0.25, -0.2) is 4.98 Å². The molecular weight excluding hydrogens is 302 g/mol. The van der Waals surface area contributed by atoms with Crippen LogP contribution in [0.15, 0.2) is 30.5 Å². The molecule has 5 heteroatoms. The van der Waals surface area contributed by atoms with Gasteiger partial charge in [-0.3, -0.25) is 0 Å². The summed E-state index contributed by atoms with van der Waals surface area (Å²) in [6.07, 6.45) is 1.91. The minimum absolute atomic E-state index is 0.555. The lowest BCUT2D eigenvalue weighted by Gasteiger charge is -2.38. The molecule has 0 saturated carbocycles. The van der Waals surface area contributed by atoms with Crippen molar-refractivity contribution in [2.45, 2.75) is 26.4 Å². The van der Waals surface area contributed by atoms with E-state index < -0.39 is 0 Å². The maximum absolute atomic E-state index is 5.91. The fourth-order valence-electron chi connectivity index (χ4n) is 3.09. The molecule has 2 heterocycles. The number of aromatic nitrogens is 1. The average Bonchev–Trinajstić information content (AvgIpc) is 2.84.